The molecule has 1 fully saturated rings. The molecule has 2 atom stereocenters. The quantitative estimate of drug-likeness (QED) is 0.829. The zero-order chi connectivity index (χ0) is 13.0. The van der Waals surface area contributed by atoms with Crippen molar-refractivity contribution in [1.82, 2.24) is 5.32 Å². The van der Waals surface area contributed by atoms with Gasteiger partial charge in [0.05, 0.1) is 0 Å². The van der Waals surface area contributed by atoms with Crippen molar-refractivity contribution in [2.45, 2.75) is 39.7 Å². The predicted molar refractivity (Wildman–Crippen MR) is 79.3 cm³/mol. The first-order valence-electron chi connectivity index (χ1n) is 7.30. The Balaban J connectivity index is 2.04. The molecule has 0 aromatic heterocycles. The highest BCUT2D eigenvalue weighted by Crippen LogP contribution is 2.34. The summed E-state index contributed by atoms with van der Waals surface area (Å²) in [4.78, 5) is 2.58. The number of nitrogens with one attached hydrogen (secondary N) is 1. The summed E-state index contributed by atoms with van der Waals surface area (Å²) in [5.41, 5.74) is 2.75. The molecule has 1 aromatic rings. The number of nitrogens with zero attached hydrogens (tertiary/aromatic N) is 1. The van der Waals surface area contributed by atoms with E-state index in [1.807, 2.05) is 0 Å². The van der Waals surface area contributed by atoms with Gasteiger partial charge in [-0.2, -0.15) is 0 Å². The van der Waals surface area contributed by atoms with Crippen molar-refractivity contribution in [1.29, 1.82) is 0 Å². The Morgan fingerprint density at radius 1 is 1.28 bits per heavy atom. The SMILES string of the molecule is CCNCC1CCC1N(CC)c1cccc(C)c1. The van der Waals surface area contributed by atoms with Gasteiger partial charge in [0, 0.05) is 18.3 Å². The second-order valence-electron chi connectivity index (χ2n) is 5.34. The third kappa shape index (κ3) is 2.86. The van der Waals surface area contributed by atoms with E-state index in [1.54, 1.807) is 0 Å². The van der Waals surface area contributed by atoms with Crippen LogP contribution in [0.5, 0.6) is 0 Å². The van der Waals surface area contributed by atoms with Crippen LogP contribution >= 0.6 is 0 Å². The number of hydrogen-bond donors (Lipinski definition) is 1. The van der Waals surface area contributed by atoms with Crippen LogP contribution in [0.15, 0.2) is 24.3 Å². The van der Waals surface area contributed by atoms with Crippen LogP contribution in [0, 0.1) is 12.8 Å². The molecule has 0 bridgehead atoms. The van der Waals surface area contributed by atoms with Crippen LogP contribution in [0.4, 0.5) is 5.69 Å². The normalized spacial score (nSPS) is 22.6. The molecule has 0 radical (unpaired) electrons. The van der Waals surface area contributed by atoms with E-state index in [2.05, 4.69) is 55.3 Å². The van der Waals surface area contributed by atoms with Crippen molar-refractivity contribution in [3.8, 4) is 0 Å². The molecule has 0 heterocycles. The molecule has 2 unspecified atom stereocenters. The number of anilines is 1. The maximum absolute atomic E-state index is 3.50. The fourth-order valence-corrected chi connectivity index (χ4v) is 2.94. The van der Waals surface area contributed by atoms with Gasteiger partial charge in [-0.3, -0.25) is 0 Å². The molecular formula is C16H26N2. The molecule has 18 heavy (non-hydrogen) atoms. The summed E-state index contributed by atoms with van der Waals surface area (Å²) in [6.45, 7) is 9.99. The van der Waals surface area contributed by atoms with Crippen molar-refractivity contribution in [2.24, 2.45) is 5.92 Å². The average Bonchev–Trinajstić information content (AvgIpc) is 2.34. The van der Waals surface area contributed by atoms with Gasteiger partial charge in [0.2, 0.25) is 0 Å². The van der Waals surface area contributed by atoms with Gasteiger partial charge in [-0.1, -0.05) is 19.1 Å². The van der Waals surface area contributed by atoms with Gasteiger partial charge < -0.3 is 10.2 Å². The summed E-state index contributed by atoms with van der Waals surface area (Å²) in [5, 5.41) is 3.50. The van der Waals surface area contributed by atoms with Crippen molar-refractivity contribution >= 4 is 5.69 Å². The molecule has 2 nitrogen and oxygen atoms in total. The molecule has 0 aliphatic heterocycles. The Bertz CT molecular complexity index is 375. The van der Waals surface area contributed by atoms with Gasteiger partial charge in [0.1, 0.15) is 0 Å². The summed E-state index contributed by atoms with van der Waals surface area (Å²) < 4.78 is 0. The van der Waals surface area contributed by atoms with E-state index >= 15 is 0 Å². The molecule has 0 spiro atoms. The predicted octanol–water partition coefficient (Wildman–Crippen LogP) is 3.21. The molecular weight excluding hydrogens is 220 g/mol. The molecule has 0 amide bonds. The minimum absolute atomic E-state index is 0.732. The maximum atomic E-state index is 3.50. The summed E-state index contributed by atoms with van der Waals surface area (Å²) in [6, 6.07) is 9.64. The Hall–Kier alpha value is -1.02. The fraction of sp³-hybridized carbons (Fsp3) is 0.625. The summed E-state index contributed by atoms with van der Waals surface area (Å²) in [6.07, 6.45) is 2.72. The maximum Gasteiger partial charge on any atom is 0.0371 e. The molecule has 2 rings (SSSR count). The van der Waals surface area contributed by atoms with Crippen LogP contribution in [-0.4, -0.2) is 25.7 Å². The van der Waals surface area contributed by atoms with Crippen molar-refractivity contribution in [3.63, 3.8) is 0 Å². The highest BCUT2D eigenvalue weighted by Gasteiger charge is 2.34. The Morgan fingerprint density at radius 2 is 2.11 bits per heavy atom. The molecule has 1 N–H and O–H groups in total. The van der Waals surface area contributed by atoms with E-state index < -0.39 is 0 Å². The molecule has 1 aliphatic rings. The van der Waals surface area contributed by atoms with E-state index in [1.165, 1.54) is 30.6 Å². The van der Waals surface area contributed by atoms with Gasteiger partial charge in [0.25, 0.3) is 0 Å². The first-order valence-corrected chi connectivity index (χ1v) is 7.30. The number of hydrogen-bond acceptors (Lipinski definition) is 2. The van der Waals surface area contributed by atoms with Crippen LogP contribution in [0.25, 0.3) is 0 Å². The average molecular weight is 246 g/mol. The van der Waals surface area contributed by atoms with E-state index in [9.17, 15) is 0 Å². The third-order valence-electron chi connectivity index (χ3n) is 4.11. The van der Waals surface area contributed by atoms with E-state index in [4.69, 9.17) is 0 Å². The third-order valence-corrected chi connectivity index (χ3v) is 4.11. The lowest BCUT2D eigenvalue weighted by atomic mass is 9.78. The summed E-state index contributed by atoms with van der Waals surface area (Å²) in [7, 11) is 0. The van der Waals surface area contributed by atoms with Gasteiger partial charge in [-0.25, -0.2) is 0 Å². The second-order valence-corrected chi connectivity index (χ2v) is 5.34. The van der Waals surface area contributed by atoms with E-state index in [-0.39, 0.29) is 0 Å². The number of aryl methyl sites for hydroxylation is 1. The number of benzene rings is 1. The topological polar surface area (TPSA) is 15.3 Å². The van der Waals surface area contributed by atoms with Crippen LogP contribution in [-0.2, 0) is 0 Å². The van der Waals surface area contributed by atoms with Crippen LogP contribution < -0.4 is 10.2 Å². The Kier molecular flexibility index (Phi) is 4.65. The lowest BCUT2D eigenvalue weighted by Gasteiger charge is -2.45. The molecule has 2 heteroatoms. The van der Waals surface area contributed by atoms with Gasteiger partial charge in [-0.05, 0) is 63.4 Å². The van der Waals surface area contributed by atoms with Crippen molar-refractivity contribution in [3.05, 3.63) is 29.8 Å². The number of rotatable bonds is 6. The highest BCUT2D eigenvalue weighted by molar-refractivity contribution is 5.50. The zero-order valence-corrected chi connectivity index (χ0v) is 11.9. The van der Waals surface area contributed by atoms with Crippen LogP contribution in [0.1, 0.15) is 32.3 Å². The van der Waals surface area contributed by atoms with Gasteiger partial charge in [-0.15, -0.1) is 0 Å². The van der Waals surface area contributed by atoms with Gasteiger partial charge in [0.15, 0.2) is 0 Å². The molecule has 1 aromatic carbocycles. The van der Waals surface area contributed by atoms with Crippen molar-refractivity contribution in [2.75, 3.05) is 24.5 Å². The lowest BCUT2D eigenvalue weighted by molar-refractivity contribution is 0.236. The smallest absolute Gasteiger partial charge is 0.0371 e. The highest BCUT2D eigenvalue weighted by atomic mass is 15.2. The molecule has 1 saturated carbocycles. The fourth-order valence-electron chi connectivity index (χ4n) is 2.94. The summed E-state index contributed by atoms with van der Waals surface area (Å²) >= 11 is 0. The van der Waals surface area contributed by atoms with E-state index in [0.717, 1.165) is 25.0 Å². The molecule has 1 aliphatic carbocycles. The van der Waals surface area contributed by atoms with Crippen LogP contribution in [0.2, 0.25) is 0 Å². The first-order chi connectivity index (χ1) is 8.76. The van der Waals surface area contributed by atoms with Gasteiger partial charge >= 0.3 is 0 Å². The largest absolute Gasteiger partial charge is 0.368 e. The second kappa shape index (κ2) is 6.24. The zero-order valence-electron chi connectivity index (χ0n) is 11.9. The Labute approximate surface area is 111 Å². The Morgan fingerprint density at radius 3 is 2.67 bits per heavy atom. The minimum atomic E-state index is 0.732. The standard InChI is InChI=1S/C16H26N2/c1-4-17-12-14-9-10-16(14)18(5-2)15-8-6-7-13(3)11-15/h6-8,11,14,16-17H,4-5,9-10,12H2,1-3H3. The molecule has 100 valence electrons. The first kappa shape index (κ1) is 13.4. The van der Waals surface area contributed by atoms with Crippen LogP contribution in [0.3, 0.4) is 0 Å². The summed E-state index contributed by atoms with van der Waals surface area (Å²) in [5.74, 6) is 0.824. The lowest BCUT2D eigenvalue weighted by Crippen LogP contribution is -2.50. The monoisotopic (exact) mass is 246 g/mol. The van der Waals surface area contributed by atoms with Crippen molar-refractivity contribution < 1.29 is 0 Å². The van der Waals surface area contributed by atoms with E-state index in [0.29, 0.717) is 0 Å². The molecule has 0 saturated heterocycles. The minimum Gasteiger partial charge on any atom is -0.368 e.